The Balaban J connectivity index is 1.28. The molecule has 1 atom stereocenters. The standard InChI is InChI=1S/C22H27N3O2S/c26-21(24-16-6-12-25(15-16)17-4-2-1-3-5-17)20-14-18-19(28-20)7-13-27-22(18)8-10-23-11-9-22/h1-5,14,16,23H,6-13,15H2,(H,24,26). The van der Waals surface area contributed by atoms with Crippen LogP contribution in [0, 0.1) is 0 Å². The summed E-state index contributed by atoms with van der Waals surface area (Å²) in [6.07, 6.45) is 3.90. The Morgan fingerprint density at radius 3 is 2.89 bits per heavy atom. The second kappa shape index (κ2) is 7.50. The highest BCUT2D eigenvalue weighted by Crippen LogP contribution is 2.43. The fraction of sp³-hybridized carbons (Fsp3) is 0.500. The number of para-hydroxylation sites is 1. The fourth-order valence-corrected chi connectivity index (χ4v) is 5.92. The van der Waals surface area contributed by atoms with Gasteiger partial charge >= 0.3 is 0 Å². The lowest BCUT2D eigenvalue weighted by molar-refractivity contribution is -0.0792. The van der Waals surface area contributed by atoms with Crippen molar-refractivity contribution in [2.75, 3.05) is 37.7 Å². The molecule has 0 aliphatic carbocycles. The van der Waals surface area contributed by atoms with Crippen LogP contribution in [0.5, 0.6) is 0 Å². The van der Waals surface area contributed by atoms with Crippen LogP contribution in [-0.2, 0) is 16.8 Å². The Morgan fingerprint density at radius 2 is 2.07 bits per heavy atom. The Labute approximate surface area is 170 Å². The molecule has 0 radical (unpaired) electrons. The van der Waals surface area contributed by atoms with Gasteiger partial charge in [0.15, 0.2) is 0 Å². The molecule has 1 unspecified atom stereocenters. The minimum Gasteiger partial charge on any atom is -0.370 e. The monoisotopic (exact) mass is 397 g/mol. The van der Waals surface area contributed by atoms with Crippen LogP contribution >= 0.6 is 11.3 Å². The van der Waals surface area contributed by atoms with E-state index in [4.69, 9.17) is 4.74 Å². The predicted molar refractivity (Wildman–Crippen MR) is 112 cm³/mol. The van der Waals surface area contributed by atoms with Crippen LogP contribution in [0.4, 0.5) is 5.69 Å². The first-order chi connectivity index (χ1) is 13.7. The summed E-state index contributed by atoms with van der Waals surface area (Å²) in [5, 5.41) is 6.69. The third-order valence-corrected chi connectivity index (χ3v) is 7.48. The smallest absolute Gasteiger partial charge is 0.261 e. The van der Waals surface area contributed by atoms with Crippen LogP contribution in [-0.4, -0.2) is 44.7 Å². The number of hydrogen-bond acceptors (Lipinski definition) is 5. The number of piperidine rings is 1. The zero-order valence-corrected chi connectivity index (χ0v) is 16.9. The zero-order valence-electron chi connectivity index (χ0n) is 16.1. The van der Waals surface area contributed by atoms with Crippen LogP contribution < -0.4 is 15.5 Å². The molecular formula is C22H27N3O2S. The summed E-state index contributed by atoms with van der Waals surface area (Å²) in [6, 6.07) is 12.8. The molecule has 1 spiro atoms. The average molecular weight is 398 g/mol. The van der Waals surface area contributed by atoms with Gasteiger partial charge in [-0.05, 0) is 56.1 Å². The van der Waals surface area contributed by atoms with Gasteiger partial charge in [0.25, 0.3) is 5.91 Å². The molecule has 2 aromatic rings. The van der Waals surface area contributed by atoms with E-state index in [1.807, 2.05) is 6.07 Å². The summed E-state index contributed by atoms with van der Waals surface area (Å²) in [5.41, 5.74) is 2.33. The molecule has 148 valence electrons. The van der Waals surface area contributed by atoms with Crippen LogP contribution in [0.3, 0.4) is 0 Å². The molecule has 28 heavy (non-hydrogen) atoms. The number of rotatable bonds is 3. The van der Waals surface area contributed by atoms with Crippen LogP contribution in [0.25, 0.3) is 0 Å². The first-order valence-corrected chi connectivity index (χ1v) is 11.1. The van der Waals surface area contributed by atoms with Gasteiger partial charge < -0.3 is 20.3 Å². The molecule has 0 saturated carbocycles. The maximum absolute atomic E-state index is 13.0. The molecule has 4 heterocycles. The molecule has 0 bridgehead atoms. The molecular weight excluding hydrogens is 370 g/mol. The van der Waals surface area contributed by atoms with Crippen molar-refractivity contribution in [2.24, 2.45) is 0 Å². The molecule has 5 rings (SSSR count). The molecule has 6 heteroatoms. The van der Waals surface area contributed by atoms with Gasteiger partial charge in [0.05, 0.1) is 17.1 Å². The van der Waals surface area contributed by atoms with Gasteiger partial charge in [-0.3, -0.25) is 4.79 Å². The number of nitrogens with zero attached hydrogens (tertiary/aromatic N) is 1. The highest BCUT2D eigenvalue weighted by Gasteiger charge is 2.40. The van der Waals surface area contributed by atoms with E-state index < -0.39 is 0 Å². The van der Waals surface area contributed by atoms with E-state index in [2.05, 4.69) is 45.9 Å². The van der Waals surface area contributed by atoms with E-state index in [-0.39, 0.29) is 17.6 Å². The normalized spacial score (nSPS) is 23.6. The quantitative estimate of drug-likeness (QED) is 0.836. The number of carbonyl (C=O) groups is 1. The van der Waals surface area contributed by atoms with E-state index in [1.54, 1.807) is 11.3 Å². The van der Waals surface area contributed by atoms with Crippen molar-refractivity contribution in [3.8, 4) is 0 Å². The number of anilines is 1. The second-order valence-electron chi connectivity index (χ2n) is 8.03. The second-order valence-corrected chi connectivity index (χ2v) is 9.17. The van der Waals surface area contributed by atoms with E-state index >= 15 is 0 Å². The van der Waals surface area contributed by atoms with Gasteiger partial charge in [0.1, 0.15) is 0 Å². The van der Waals surface area contributed by atoms with Gasteiger partial charge in [-0.15, -0.1) is 11.3 Å². The average Bonchev–Trinajstić information content (AvgIpc) is 3.38. The lowest BCUT2D eigenvalue weighted by Crippen LogP contribution is -2.44. The van der Waals surface area contributed by atoms with E-state index in [9.17, 15) is 4.79 Å². The van der Waals surface area contributed by atoms with Crippen molar-refractivity contribution in [1.82, 2.24) is 10.6 Å². The first kappa shape index (κ1) is 18.2. The van der Waals surface area contributed by atoms with Gasteiger partial charge in [-0.2, -0.15) is 0 Å². The van der Waals surface area contributed by atoms with Gasteiger partial charge in [0.2, 0.25) is 0 Å². The van der Waals surface area contributed by atoms with Crippen molar-refractivity contribution in [3.63, 3.8) is 0 Å². The molecule has 1 amide bonds. The molecule has 1 aromatic heterocycles. The van der Waals surface area contributed by atoms with Crippen molar-refractivity contribution < 1.29 is 9.53 Å². The number of benzene rings is 1. The van der Waals surface area contributed by atoms with Gasteiger partial charge in [0, 0.05) is 36.1 Å². The van der Waals surface area contributed by atoms with Crippen molar-refractivity contribution in [2.45, 2.75) is 37.3 Å². The van der Waals surface area contributed by atoms with Crippen molar-refractivity contribution in [3.05, 3.63) is 51.7 Å². The van der Waals surface area contributed by atoms with E-state index in [1.165, 1.54) is 16.1 Å². The molecule has 2 saturated heterocycles. The number of thiophene rings is 1. The summed E-state index contributed by atoms with van der Waals surface area (Å²) in [5.74, 6) is 0.0726. The predicted octanol–water partition coefficient (Wildman–Crippen LogP) is 2.91. The van der Waals surface area contributed by atoms with Crippen LogP contribution in [0.1, 0.15) is 39.4 Å². The van der Waals surface area contributed by atoms with Crippen molar-refractivity contribution >= 4 is 22.9 Å². The highest BCUT2D eigenvalue weighted by molar-refractivity contribution is 7.14. The highest BCUT2D eigenvalue weighted by atomic mass is 32.1. The lowest BCUT2D eigenvalue weighted by atomic mass is 9.83. The molecule has 2 N–H and O–H groups in total. The fourth-order valence-electron chi connectivity index (χ4n) is 4.78. The zero-order chi connectivity index (χ0) is 19.0. The topological polar surface area (TPSA) is 53.6 Å². The van der Waals surface area contributed by atoms with Gasteiger partial charge in [-0.1, -0.05) is 18.2 Å². The molecule has 3 aliphatic heterocycles. The summed E-state index contributed by atoms with van der Waals surface area (Å²) in [6.45, 7) is 4.59. The Kier molecular flexibility index (Phi) is 4.87. The number of hydrogen-bond donors (Lipinski definition) is 2. The summed E-state index contributed by atoms with van der Waals surface area (Å²) in [4.78, 5) is 17.5. The number of ether oxygens (including phenoxy) is 1. The van der Waals surface area contributed by atoms with E-state index in [0.29, 0.717) is 0 Å². The number of nitrogens with one attached hydrogen (secondary N) is 2. The number of fused-ring (bicyclic) bond motifs is 2. The van der Waals surface area contributed by atoms with Crippen LogP contribution in [0.15, 0.2) is 36.4 Å². The first-order valence-electron chi connectivity index (χ1n) is 10.3. The minimum absolute atomic E-state index is 0.0726. The number of carbonyl (C=O) groups excluding carboxylic acids is 1. The lowest BCUT2D eigenvalue weighted by Gasteiger charge is -2.40. The Morgan fingerprint density at radius 1 is 1.25 bits per heavy atom. The van der Waals surface area contributed by atoms with E-state index in [0.717, 1.165) is 63.3 Å². The molecule has 1 aromatic carbocycles. The minimum atomic E-state index is -0.175. The summed E-state index contributed by atoms with van der Waals surface area (Å²) in [7, 11) is 0. The third-order valence-electron chi connectivity index (χ3n) is 6.29. The maximum Gasteiger partial charge on any atom is 0.261 e. The Bertz CT molecular complexity index is 845. The van der Waals surface area contributed by atoms with Crippen molar-refractivity contribution in [1.29, 1.82) is 0 Å². The van der Waals surface area contributed by atoms with Crippen LogP contribution in [0.2, 0.25) is 0 Å². The summed E-state index contributed by atoms with van der Waals surface area (Å²) < 4.78 is 6.25. The summed E-state index contributed by atoms with van der Waals surface area (Å²) >= 11 is 1.67. The number of amides is 1. The molecule has 3 aliphatic rings. The third kappa shape index (κ3) is 3.34. The Hall–Kier alpha value is -1.89. The largest absolute Gasteiger partial charge is 0.370 e. The van der Waals surface area contributed by atoms with Gasteiger partial charge in [-0.25, -0.2) is 0 Å². The SMILES string of the molecule is O=C(NC1CCN(c2ccccc2)C1)c1cc2c(s1)CCOC21CCNCC1. The molecule has 2 fully saturated rings. The molecule has 5 nitrogen and oxygen atoms in total. The maximum atomic E-state index is 13.0.